The first-order chi connectivity index (χ1) is 7.81. The molecule has 0 spiro atoms. The Labute approximate surface area is 95.3 Å². The summed E-state index contributed by atoms with van der Waals surface area (Å²) in [5.74, 6) is 2.44. The van der Waals surface area contributed by atoms with Crippen LogP contribution in [0.5, 0.6) is 0 Å². The first-order valence-corrected chi connectivity index (χ1v) is 5.18. The molecule has 1 heterocycles. The van der Waals surface area contributed by atoms with E-state index < -0.39 is 0 Å². The maximum Gasteiger partial charge on any atom is 0.107 e. The molecule has 0 radical (unpaired) electrons. The fourth-order valence-electron chi connectivity index (χ4n) is 1.71. The van der Waals surface area contributed by atoms with Gasteiger partial charge >= 0.3 is 0 Å². The van der Waals surface area contributed by atoms with Gasteiger partial charge in [-0.3, -0.25) is 4.98 Å². The highest BCUT2D eigenvalue weighted by Gasteiger charge is 2.01. The molecule has 16 heavy (non-hydrogen) atoms. The normalized spacial score (nSPS) is 10.2. The van der Waals surface area contributed by atoms with Crippen LogP contribution in [0.1, 0.15) is 11.3 Å². The number of nitrogens with zero attached hydrogens (tertiary/aromatic N) is 1. The monoisotopic (exact) mass is 211 g/mol. The Hall–Kier alpha value is -1.85. The second-order valence-electron chi connectivity index (χ2n) is 3.64. The van der Waals surface area contributed by atoms with Gasteiger partial charge in [0.15, 0.2) is 0 Å². The number of para-hydroxylation sites is 1. The van der Waals surface area contributed by atoms with Crippen LogP contribution in [0.3, 0.4) is 0 Å². The molecule has 0 unspecified atom stereocenters. The van der Waals surface area contributed by atoms with Gasteiger partial charge in [-0.2, -0.15) is 0 Å². The van der Waals surface area contributed by atoms with Crippen molar-refractivity contribution in [3.8, 4) is 12.3 Å². The van der Waals surface area contributed by atoms with Crippen molar-refractivity contribution in [3.05, 3.63) is 41.6 Å². The van der Waals surface area contributed by atoms with E-state index in [2.05, 4.69) is 23.9 Å². The average molecular weight is 211 g/mol. The van der Waals surface area contributed by atoms with Gasteiger partial charge in [-0.1, -0.05) is 24.1 Å². The summed E-state index contributed by atoms with van der Waals surface area (Å²) < 4.78 is 5.27. The van der Waals surface area contributed by atoms with Gasteiger partial charge in [0.2, 0.25) is 0 Å². The summed E-state index contributed by atoms with van der Waals surface area (Å²) in [5, 5.41) is 1.18. The van der Waals surface area contributed by atoms with Crippen LogP contribution in [0.2, 0.25) is 0 Å². The van der Waals surface area contributed by atoms with Crippen LogP contribution in [0.15, 0.2) is 30.3 Å². The molecule has 0 aliphatic heterocycles. The topological polar surface area (TPSA) is 22.1 Å². The molecule has 1 aromatic heterocycles. The molecule has 0 amide bonds. The van der Waals surface area contributed by atoms with Crippen LogP contribution in [0.25, 0.3) is 10.9 Å². The van der Waals surface area contributed by atoms with E-state index in [9.17, 15) is 0 Å². The molecule has 0 fully saturated rings. The van der Waals surface area contributed by atoms with Crippen LogP contribution in [-0.4, -0.2) is 11.6 Å². The summed E-state index contributed by atoms with van der Waals surface area (Å²) in [7, 11) is 0. The van der Waals surface area contributed by atoms with E-state index in [1.54, 1.807) is 0 Å². The van der Waals surface area contributed by atoms with Crippen molar-refractivity contribution in [2.45, 2.75) is 13.5 Å². The van der Waals surface area contributed by atoms with Gasteiger partial charge in [0, 0.05) is 5.39 Å². The summed E-state index contributed by atoms with van der Waals surface area (Å²) in [6.07, 6.45) is 5.12. The summed E-state index contributed by atoms with van der Waals surface area (Å²) >= 11 is 0. The second kappa shape index (κ2) is 4.78. The molecule has 2 heteroatoms. The maximum absolute atomic E-state index is 5.27. The predicted octanol–water partition coefficient (Wildman–Crippen LogP) is 2.69. The van der Waals surface area contributed by atoms with E-state index >= 15 is 0 Å². The first-order valence-electron chi connectivity index (χ1n) is 5.18. The van der Waals surface area contributed by atoms with Gasteiger partial charge in [-0.25, -0.2) is 0 Å². The fourth-order valence-corrected chi connectivity index (χ4v) is 1.71. The van der Waals surface area contributed by atoms with Crippen LogP contribution in [0, 0.1) is 19.3 Å². The third-order valence-electron chi connectivity index (χ3n) is 2.41. The van der Waals surface area contributed by atoms with Crippen molar-refractivity contribution in [2.24, 2.45) is 0 Å². The summed E-state index contributed by atoms with van der Waals surface area (Å²) in [5.41, 5.74) is 3.14. The third-order valence-corrected chi connectivity index (χ3v) is 2.41. The van der Waals surface area contributed by atoms with Gasteiger partial charge in [0.1, 0.15) is 6.61 Å². The SMILES string of the molecule is C#CCOCc1cc(C)c2ccccc2n1. The zero-order valence-electron chi connectivity index (χ0n) is 9.23. The number of hydrogen-bond donors (Lipinski definition) is 0. The van der Waals surface area contributed by atoms with Crippen molar-refractivity contribution in [3.63, 3.8) is 0 Å². The van der Waals surface area contributed by atoms with E-state index in [4.69, 9.17) is 11.2 Å². The Morgan fingerprint density at radius 1 is 1.38 bits per heavy atom. The van der Waals surface area contributed by atoms with Gasteiger partial charge < -0.3 is 4.74 Å². The van der Waals surface area contributed by atoms with Crippen LogP contribution in [-0.2, 0) is 11.3 Å². The van der Waals surface area contributed by atoms with Gasteiger partial charge in [-0.05, 0) is 24.6 Å². The molecule has 0 saturated heterocycles. The minimum Gasteiger partial charge on any atom is -0.363 e. The van der Waals surface area contributed by atoms with Crippen LogP contribution >= 0.6 is 0 Å². The molecule has 0 aliphatic carbocycles. The van der Waals surface area contributed by atoms with Crippen molar-refractivity contribution >= 4 is 10.9 Å². The summed E-state index contributed by atoms with van der Waals surface area (Å²) in [4.78, 5) is 4.51. The molecule has 0 atom stereocenters. The number of aryl methyl sites for hydroxylation is 1. The van der Waals surface area contributed by atoms with Gasteiger partial charge in [0.05, 0.1) is 17.8 Å². The lowest BCUT2D eigenvalue weighted by atomic mass is 10.1. The third kappa shape index (κ3) is 2.21. The molecule has 0 aliphatic rings. The molecule has 2 nitrogen and oxygen atoms in total. The van der Waals surface area contributed by atoms with Crippen molar-refractivity contribution in [2.75, 3.05) is 6.61 Å². The Morgan fingerprint density at radius 2 is 2.19 bits per heavy atom. The van der Waals surface area contributed by atoms with Crippen molar-refractivity contribution < 1.29 is 4.74 Å². The minimum absolute atomic E-state index is 0.327. The van der Waals surface area contributed by atoms with Gasteiger partial charge in [0.25, 0.3) is 0 Å². The Kier molecular flexibility index (Phi) is 3.19. The quantitative estimate of drug-likeness (QED) is 0.575. The average Bonchev–Trinajstić information content (AvgIpc) is 2.30. The number of fused-ring (bicyclic) bond motifs is 1. The largest absolute Gasteiger partial charge is 0.363 e. The minimum atomic E-state index is 0.327. The smallest absolute Gasteiger partial charge is 0.107 e. The first kappa shape index (κ1) is 10.7. The molecule has 0 N–H and O–H groups in total. The zero-order chi connectivity index (χ0) is 11.4. The molecule has 1 aromatic carbocycles. The molecule has 2 aromatic rings. The number of ether oxygens (including phenoxy) is 1. The number of terminal acetylenes is 1. The van der Waals surface area contributed by atoms with Crippen LogP contribution < -0.4 is 0 Å². The number of hydrogen-bond acceptors (Lipinski definition) is 2. The highest BCUT2D eigenvalue weighted by Crippen LogP contribution is 2.17. The second-order valence-corrected chi connectivity index (χ2v) is 3.64. The van der Waals surface area contributed by atoms with E-state index in [0.29, 0.717) is 13.2 Å². The lowest BCUT2D eigenvalue weighted by Gasteiger charge is -2.05. The number of rotatable bonds is 3. The van der Waals surface area contributed by atoms with E-state index in [-0.39, 0.29) is 0 Å². The maximum atomic E-state index is 5.27. The molecule has 80 valence electrons. The Morgan fingerprint density at radius 3 is 3.00 bits per heavy atom. The molecule has 0 bridgehead atoms. The van der Waals surface area contributed by atoms with E-state index in [1.165, 1.54) is 10.9 Å². The predicted molar refractivity (Wildman–Crippen MR) is 65.0 cm³/mol. The van der Waals surface area contributed by atoms with E-state index in [0.717, 1.165) is 11.2 Å². The van der Waals surface area contributed by atoms with Crippen molar-refractivity contribution in [1.82, 2.24) is 4.98 Å². The van der Waals surface area contributed by atoms with Crippen molar-refractivity contribution in [1.29, 1.82) is 0 Å². The molecular formula is C14H13NO. The van der Waals surface area contributed by atoms with Gasteiger partial charge in [-0.15, -0.1) is 6.42 Å². The Bertz CT molecular complexity index is 540. The fraction of sp³-hybridized carbons (Fsp3) is 0.214. The lowest BCUT2D eigenvalue weighted by Crippen LogP contribution is -1.97. The Balaban J connectivity index is 2.31. The number of pyridine rings is 1. The number of benzene rings is 1. The zero-order valence-corrected chi connectivity index (χ0v) is 9.23. The molecule has 2 rings (SSSR count). The highest BCUT2D eigenvalue weighted by molar-refractivity contribution is 5.81. The standard InChI is InChI=1S/C14H13NO/c1-3-8-16-10-12-9-11(2)13-6-4-5-7-14(13)15-12/h1,4-7,9H,8,10H2,2H3. The van der Waals surface area contributed by atoms with E-state index in [1.807, 2.05) is 24.3 Å². The lowest BCUT2D eigenvalue weighted by molar-refractivity contribution is 0.151. The molecule has 0 saturated carbocycles. The van der Waals surface area contributed by atoms with Crippen LogP contribution in [0.4, 0.5) is 0 Å². The molecular weight excluding hydrogens is 198 g/mol. The highest BCUT2D eigenvalue weighted by atomic mass is 16.5. The summed E-state index contributed by atoms with van der Waals surface area (Å²) in [6.45, 7) is 2.87. The number of aromatic nitrogens is 1. The summed E-state index contributed by atoms with van der Waals surface area (Å²) in [6, 6.07) is 10.1.